The Hall–Kier alpha value is -1.92. The molecule has 0 aromatic heterocycles. The zero-order valence-electron chi connectivity index (χ0n) is 12.2. The molecule has 1 heterocycles. The smallest absolute Gasteiger partial charge is 0.338 e. The maximum atomic E-state index is 12.0. The van der Waals surface area contributed by atoms with Crippen molar-refractivity contribution in [3.8, 4) is 0 Å². The number of hydrogen-bond acceptors (Lipinski definition) is 5. The van der Waals surface area contributed by atoms with Gasteiger partial charge < -0.3 is 20.1 Å². The second kappa shape index (κ2) is 7.19. The van der Waals surface area contributed by atoms with Crippen molar-refractivity contribution in [2.75, 3.05) is 25.0 Å². The van der Waals surface area contributed by atoms with Crippen LogP contribution in [0.2, 0.25) is 0 Å². The van der Waals surface area contributed by atoms with Gasteiger partial charge in [0, 0.05) is 18.8 Å². The lowest BCUT2D eigenvalue weighted by atomic mass is 10.2. The molecule has 0 saturated carbocycles. The molecule has 2 rings (SSSR count). The molecule has 6 heteroatoms. The SMILES string of the molecule is CC(C)OC(=O)c1ccc(NC(=O)C2CNCCO2)cc1. The van der Waals surface area contributed by atoms with Gasteiger partial charge in [0.2, 0.25) is 0 Å². The van der Waals surface area contributed by atoms with Crippen LogP contribution in [0.15, 0.2) is 24.3 Å². The van der Waals surface area contributed by atoms with E-state index in [4.69, 9.17) is 9.47 Å². The largest absolute Gasteiger partial charge is 0.459 e. The first kappa shape index (κ1) is 15.5. The molecule has 1 atom stereocenters. The molecule has 1 aromatic carbocycles. The van der Waals surface area contributed by atoms with Crippen LogP contribution >= 0.6 is 0 Å². The van der Waals surface area contributed by atoms with Crippen LogP contribution in [0.4, 0.5) is 5.69 Å². The maximum absolute atomic E-state index is 12.0. The number of benzene rings is 1. The van der Waals surface area contributed by atoms with Gasteiger partial charge in [-0.05, 0) is 38.1 Å². The Morgan fingerprint density at radius 3 is 2.62 bits per heavy atom. The van der Waals surface area contributed by atoms with E-state index in [1.807, 2.05) is 0 Å². The number of ether oxygens (including phenoxy) is 2. The molecule has 0 radical (unpaired) electrons. The number of morpholine rings is 1. The number of rotatable bonds is 4. The summed E-state index contributed by atoms with van der Waals surface area (Å²) in [7, 11) is 0. The lowest BCUT2D eigenvalue weighted by molar-refractivity contribution is -0.128. The van der Waals surface area contributed by atoms with Gasteiger partial charge in [-0.1, -0.05) is 0 Å². The molecular formula is C15H20N2O4. The van der Waals surface area contributed by atoms with Crippen molar-refractivity contribution in [3.05, 3.63) is 29.8 Å². The van der Waals surface area contributed by atoms with Crippen LogP contribution in [0.3, 0.4) is 0 Å². The van der Waals surface area contributed by atoms with Gasteiger partial charge in [0.1, 0.15) is 6.10 Å². The first-order valence-corrected chi connectivity index (χ1v) is 7.00. The molecule has 0 bridgehead atoms. The average molecular weight is 292 g/mol. The van der Waals surface area contributed by atoms with Crippen molar-refractivity contribution in [2.45, 2.75) is 26.1 Å². The molecule has 0 aliphatic carbocycles. The highest BCUT2D eigenvalue weighted by Crippen LogP contribution is 2.12. The van der Waals surface area contributed by atoms with Gasteiger partial charge in [0.15, 0.2) is 0 Å². The number of esters is 1. The fraction of sp³-hybridized carbons (Fsp3) is 0.467. The molecule has 1 saturated heterocycles. The van der Waals surface area contributed by atoms with E-state index < -0.39 is 6.10 Å². The maximum Gasteiger partial charge on any atom is 0.338 e. The number of hydrogen-bond donors (Lipinski definition) is 2. The second-order valence-corrected chi connectivity index (χ2v) is 5.08. The Morgan fingerprint density at radius 2 is 2.05 bits per heavy atom. The molecular weight excluding hydrogens is 272 g/mol. The van der Waals surface area contributed by atoms with E-state index >= 15 is 0 Å². The van der Waals surface area contributed by atoms with E-state index in [9.17, 15) is 9.59 Å². The summed E-state index contributed by atoms with van der Waals surface area (Å²) in [4.78, 5) is 23.7. The summed E-state index contributed by atoms with van der Waals surface area (Å²) in [5.74, 6) is -0.567. The minimum atomic E-state index is -0.482. The van der Waals surface area contributed by atoms with E-state index in [0.717, 1.165) is 6.54 Å². The Balaban J connectivity index is 1.92. The number of carbonyl (C=O) groups is 2. The first-order chi connectivity index (χ1) is 10.1. The van der Waals surface area contributed by atoms with Gasteiger partial charge in [-0.2, -0.15) is 0 Å². The van der Waals surface area contributed by atoms with Crippen LogP contribution in [0.5, 0.6) is 0 Å². The number of amides is 1. The highest BCUT2D eigenvalue weighted by Gasteiger charge is 2.21. The normalized spacial score (nSPS) is 18.3. The standard InChI is InChI=1S/C15H20N2O4/c1-10(2)21-15(19)11-3-5-12(6-4-11)17-14(18)13-9-16-7-8-20-13/h3-6,10,13,16H,7-9H2,1-2H3,(H,17,18). The minimum absolute atomic E-state index is 0.159. The van der Waals surface area contributed by atoms with Crippen molar-refractivity contribution in [1.82, 2.24) is 5.32 Å². The number of anilines is 1. The van der Waals surface area contributed by atoms with E-state index in [0.29, 0.717) is 24.4 Å². The Labute approximate surface area is 123 Å². The quantitative estimate of drug-likeness (QED) is 0.815. The second-order valence-electron chi connectivity index (χ2n) is 5.08. The van der Waals surface area contributed by atoms with E-state index in [2.05, 4.69) is 10.6 Å². The Morgan fingerprint density at radius 1 is 1.33 bits per heavy atom. The van der Waals surface area contributed by atoms with Crippen LogP contribution in [0.1, 0.15) is 24.2 Å². The van der Waals surface area contributed by atoms with Crippen LogP contribution in [0, 0.1) is 0 Å². The summed E-state index contributed by atoms with van der Waals surface area (Å²) in [6, 6.07) is 6.59. The van der Waals surface area contributed by atoms with Crippen molar-refractivity contribution in [3.63, 3.8) is 0 Å². The predicted molar refractivity (Wildman–Crippen MR) is 78.2 cm³/mol. The van der Waals surface area contributed by atoms with Crippen molar-refractivity contribution < 1.29 is 19.1 Å². The Kier molecular flexibility index (Phi) is 5.30. The lowest BCUT2D eigenvalue weighted by Gasteiger charge is -2.22. The molecule has 1 amide bonds. The monoisotopic (exact) mass is 292 g/mol. The molecule has 6 nitrogen and oxygen atoms in total. The van der Waals surface area contributed by atoms with Gasteiger partial charge in [-0.3, -0.25) is 4.79 Å². The molecule has 1 aromatic rings. The van der Waals surface area contributed by atoms with Crippen LogP contribution in [-0.4, -0.2) is 43.8 Å². The third-order valence-corrected chi connectivity index (χ3v) is 2.95. The third-order valence-electron chi connectivity index (χ3n) is 2.95. The summed E-state index contributed by atoms with van der Waals surface area (Å²) >= 11 is 0. The average Bonchev–Trinajstić information content (AvgIpc) is 2.48. The van der Waals surface area contributed by atoms with Crippen molar-refractivity contribution in [1.29, 1.82) is 0 Å². The summed E-state index contributed by atoms with van der Waals surface area (Å²) in [5.41, 5.74) is 1.08. The zero-order chi connectivity index (χ0) is 15.2. The molecule has 2 N–H and O–H groups in total. The Bertz CT molecular complexity index is 493. The van der Waals surface area contributed by atoms with E-state index in [-0.39, 0.29) is 18.0 Å². The lowest BCUT2D eigenvalue weighted by Crippen LogP contribution is -2.45. The molecule has 1 fully saturated rings. The summed E-state index contributed by atoms with van der Waals surface area (Å²) in [5, 5.41) is 5.86. The summed E-state index contributed by atoms with van der Waals surface area (Å²) < 4.78 is 10.5. The minimum Gasteiger partial charge on any atom is -0.459 e. The van der Waals surface area contributed by atoms with Gasteiger partial charge in [-0.15, -0.1) is 0 Å². The fourth-order valence-electron chi connectivity index (χ4n) is 1.93. The van der Waals surface area contributed by atoms with Gasteiger partial charge in [-0.25, -0.2) is 4.79 Å². The molecule has 21 heavy (non-hydrogen) atoms. The molecule has 114 valence electrons. The highest BCUT2D eigenvalue weighted by molar-refractivity contribution is 5.95. The molecule has 1 unspecified atom stereocenters. The highest BCUT2D eigenvalue weighted by atomic mass is 16.5. The number of carbonyl (C=O) groups excluding carboxylic acids is 2. The van der Waals surface area contributed by atoms with Gasteiger partial charge in [0.25, 0.3) is 5.91 Å². The van der Waals surface area contributed by atoms with Gasteiger partial charge >= 0.3 is 5.97 Å². The third kappa shape index (κ3) is 4.54. The summed E-state index contributed by atoms with van der Waals surface area (Å²) in [6.45, 7) is 5.38. The van der Waals surface area contributed by atoms with E-state index in [1.54, 1.807) is 38.1 Å². The van der Waals surface area contributed by atoms with Crippen molar-refractivity contribution in [2.24, 2.45) is 0 Å². The zero-order valence-corrected chi connectivity index (χ0v) is 12.2. The molecule has 1 aliphatic rings. The summed E-state index contributed by atoms with van der Waals surface area (Å²) in [6.07, 6.45) is -0.642. The molecule has 1 aliphatic heterocycles. The number of nitrogens with one attached hydrogen (secondary N) is 2. The van der Waals surface area contributed by atoms with Crippen LogP contribution < -0.4 is 10.6 Å². The van der Waals surface area contributed by atoms with E-state index in [1.165, 1.54) is 0 Å². The predicted octanol–water partition coefficient (Wildman–Crippen LogP) is 1.18. The molecule has 0 spiro atoms. The van der Waals surface area contributed by atoms with Crippen LogP contribution in [0.25, 0.3) is 0 Å². The van der Waals surface area contributed by atoms with Crippen LogP contribution in [-0.2, 0) is 14.3 Å². The fourth-order valence-corrected chi connectivity index (χ4v) is 1.93. The van der Waals surface area contributed by atoms with Crippen molar-refractivity contribution >= 4 is 17.6 Å². The first-order valence-electron chi connectivity index (χ1n) is 7.00. The topological polar surface area (TPSA) is 76.7 Å². The van der Waals surface area contributed by atoms with Gasteiger partial charge in [0.05, 0.1) is 18.3 Å².